The second-order valence-electron chi connectivity index (χ2n) is 5.02. The highest BCUT2D eigenvalue weighted by atomic mass is 16.5. The number of nitrogens with one attached hydrogen (secondary N) is 1. The van der Waals surface area contributed by atoms with Gasteiger partial charge in [-0.25, -0.2) is 0 Å². The van der Waals surface area contributed by atoms with Crippen LogP contribution in [0, 0.1) is 5.92 Å². The van der Waals surface area contributed by atoms with E-state index in [2.05, 4.69) is 12.2 Å². The van der Waals surface area contributed by atoms with Crippen LogP contribution in [0.3, 0.4) is 0 Å². The van der Waals surface area contributed by atoms with Crippen molar-refractivity contribution < 1.29 is 14.9 Å². The van der Waals surface area contributed by atoms with Crippen molar-refractivity contribution in [3.63, 3.8) is 0 Å². The van der Waals surface area contributed by atoms with Crippen LogP contribution in [0.5, 0.6) is 11.5 Å². The Balaban J connectivity index is 2.47. The van der Waals surface area contributed by atoms with E-state index in [-0.39, 0.29) is 11.9 Å². The van der Waals surface area contributed by atoms with Crippen molar-refractivity contribution >= 4 is 0 Å². The smallest absolute Gasteiger partial charge is 0.162 e. The van der Waals surface area contributed by atoms with E-state index in [1.54, 1.807) is 13.0 Å². The highest BCUT2D eigenvalue weighted by Crippen LogP contribution is 2.29. The average Bonchev–Trinajstić information content (AvgIpc) is 2.33. The third kappa shape index (κ3) is 5.49. The molecule has 0 saturated carbocycles. The number of aromatic hydroxyl groups is 1. The summed E-state index contributed by atoms with van der Waals surface area (Å²) in [6, 6.07) is 5.52. The second kappa shape index (κ2) is 8.02. The zero-order valence-electron chi connectivity index (χ0n) is 12.0. The predicted octanol–water partition coefficient (Wildman–Crippen LogP) is 2.29. The fourth-order valence-corrected chi connectivity index (χ4v) is 2.10. The molecule has 1 aromatic rings. The monoisotopic (exact) mass is 267 g/mol. The molecule has 0 bridgehead atoms. The van der Waals surface area contributed by atoms with Gasteiger partial charge in [-0.15, -0.1) is 0 Å². The molecule has 0 radical (unpaired) electrons. The summed E-state index contributed by atoms with van der Waals surface area (Å²) in [7, 11) is 0. The van der Waals surface area contributed by atoms with Crippen molar-refractivity contribution in [2.45, 2.75) is 39.8 Å². The first-order valence-corrected chi connectivity index (χ1v) is 6.87. The SMILES string of the molecule is CCOc1cccc(CNCC(C)CC(C)O)c1O. The summed E-state index contributed by atoms with van der Waals surface area (Å²) in [6.07, 6.45) is 0.504. The van der Waals surface area contributed by atoms with Crippen LogP contribution in [0.1, 0.15) is 32.8 Å². The summed E-state index contributed by atoms with van der Waals surface area (Å²) in [6.45, 7) is 7.72. The lowest BCUT2D eigenvalue weighted by atomic mass is 10.0. The van der Waals surface area contributed by atoms with E-state index in [0.29, 0.717) is 24.8 Å². The quantitative estimate of drug-likeness (QED) is 0.676. The van der Waals surface area contributed by atoms with Gasteiger partial charge in [-0.3, -0.25) is 0 Å². The van der Waals surface area contributed by atoms with Crippen LogP contribution in [0.15, 0.2) is 18.2 Å². The van der Waals surface area contributed by atoms with E-state index in [1.165, 1.54) is 0 Å². The Morgan fingerprint density at radius 3 is 2.68 bits per heavy atom. The lowest BCUT2D eigenvalue weighted by molar-refractivity contribution is 0.163. The first kappa shape index (κ1) is 15.8. The van der Waals surface area contributed by atoms with E-state index >= 15 is 0 Å². The molecule has 0 aliphatic heterocycles. The van der Waals surface area contributed by atoms with Crippen LogP contribution in [0.2, 0.25) is 0 Å². The molecule has 19 heavy (non-hydrogen) atoms. The van der Waals surface area contributed by atoms with E-state index in [0.717, 1.165) is 18.5 Å². The Kier molecular flexibility index (Phi) is 6.67. The molecule has 2 unspecified atom stereocenters. The number of phenolic OH excluding ortho intramolecular Hbond substituents is 1. The molecule has 1 rings (SSSR count). The molecule has 3 N–H and O–H groups in total. The Labute approximate surface area is 115 Å². The van der Waals surface area contributed by atoms with Crippen molar-refractivity contribution in [2.24, 2.45) is 5.92 Å². The molecular formula is C15H25NO3. The first-order chi connectivity index (χ1) is 9.04. The van der Waals surface area contributed by atoms with Crippen LogP contribution in [-0.4, -0.2) is 29.5 Å². The number of hydrogen-bond acceptors (Lipinski definition) is 4. The number of aliphatic hydroxyl groups excluding tert-OH is 1. The van der Waals surface area contributed by atoms with Crippen LogP contribution >= 0.6 is 0 Å². The maximum Gasteiger partial charge on any atom is 0.162 e. The first-order valence-electron chi connectivity index (χ1n) is 6.87. The van der Waals surface area contributed by atoms with Gasteiger partial charge in [-0.05, 0) is 38.8 Å². The van der Waals surface area contributed by atoms with E-state index < -0.39 is 0 Å². The maximum absolute atomic E-state index is 10.0. The molecule has 0 aliphatic carbocycles. The molecule has 0 aliphatic rings. The third-order valence-electron chi connectivity index (χ3n) is 2.93. The minimum absolute atomic E-state index is 0.208. The van der Waals surface area contributed by atoms with E-state index in [9.17, 15) is 10.2 Å². The Bertz CT molecular complexity index is 380. The summed E-state index contributed by atoms with van der Waals surface area (Å²) in [5.74, 6) is 1.14. The van der Waals surface area contributed by atoms with Gasteiger partial charge in [0.2, 0.25) is 0 Å². The third-order valence-corrected chi connectivity index (χ3v) is 2.93. The minimum atomic E-state index is -0.272. The number of rotatable bonds is 8. The minimum Gasteiger partial charge on any atom is -0.504 e. The molecule has 4 heteroatoms. The second-order valence-corrected chi connectivity index (χ2v) is 5.02. The van der Waals surface area contributed by atoms with Gasteiger partial charge in [0, 0.05) is 12.1 Å². The zero-order chi connectivity index (χ0) is 14.3. The largest absolute Gasteiger partial charge is 0.504 e. The molecule has 0 saturated heterocycles. The van der Waals surface area contributed by atoms with Crippen LogP contribution < -0.4 is 10.1 Å². The predicted molar refractivity (Wildman–Crippen MR) is 76.4 cm³/mol. The zero-order valence-corrected chi connectivity index (χ0v) is 12.0. The van der Waals surface area contributed by atoms with Crippen molar-refractivity contribution in [1.82, 2.24) is 5.32 Å². The van der Waals surface area contributed by atoms with Gasteiger partial charge in [-0.1, -0.05) is 19.1 Å². The lowest BCUT2D eigenvalue weighted by Gasteiger charge is -2.15. The van der Waals surface area contributed by atoms with Crippen molar-refractivity contribution in [3.05, 3.63) is 23.8 Å². The van der Waals surface area contributed by atoms with Gasteiger partial charge in [-0.2, -0.15) is 0 Å². The Morgan fingerprint density at radius 2 is 2.05 bits per heavy atom. The van der Waals surface area contributed by atoms with Gasteiger partial charge in [0.05, 0.1) is 12.7 Å². The lowest BCUT2D eigenvalue weighted by Crippen LogP contribution is -2.23. The van der Waals surface area contributed by atoms with Gasteiger partial charge in [0.25, 0.3) is 0 Å². The summed E-state index contributed by atoms with van der Waals surface area (Å²) < 4.78 is 5.35. The van der Waals surface area contributed by atoms with Crippen molar-refractivity contribution in [1.29, 1.82) is 0 Å². The van der Waals surface area contributed by atoms with Crippen LogP contribution in [-0.2, 0) is 6.54 Å². The average molecular weight is 267 g/mol. The molecule has 1 aromatic carbocycles. The fourth-order valence-electron chi connectivity index (χ4n) is 2.10. The van der Waals surface area contributed by atoms with Crippen molar-refractivity contribution in [2.75, 3.05) is 13.2 Å². The topological polar surface area (TPSA) is 61.7 Å². The number of para-hydroxylation sites is 1. The number of aliphatic hydroxyl groups is 1. The summed E-state index contributed by atoms with van der Waals surface area (Å²) in [5.41, 5.74) is 0.829. The van der Waals surface area contributed by atoms with Crippen LogP contribution in [0.25, 0.3) is 0 Å². The van der Waals surface area contributed by atoms with E-state index in [4.69, 9.17) is 4.74 Å². The van der Waals surface area contributed by atoms with Gasteiger partial charge in [0.15, 0.2) is 11.5 Å². The Hall–Kier alpha value is -1.26. The van der Waals surface area contributed by atoms with Gasteiger partial charge in [0.1, 0.15) is 0 Å². The molecule has 0 amide bonds. The normalized spacial score (nSPS) is 14.1. The summed E-state index contributed by atoms with van der Waals surface area (Å²) in [5, 5.41) is 22.6. The maximum atomic E-state index is 10.0. The number of ether oxygens (including phenoxy) is 1. The standard InChI is InChI=1S/C15H25NO3/c1-4-19-14-7-5-6-13(15(14)18)10-16-9-11(2)8-12(3)17/h5-7,11-12,16-18H,4,8-10H2,1-3H3. The number of hydrogen-bond donors (Lipinski definition) is 3. The molecule has 0 fully saturated rings. The van der Waals surface area contributed by atoms with Crippen molar-refractivity contribution in [3.8, 4) is 11.5 Å². The van der Waals surface area contributed by atoms with Crippen LogP contribution in [0.4, 0.5) is 0 Å². The van der Waals surface area contributed by atoms with Gasteiger partial charge < -0.3 is 20.3 Å². The van der Waals surface area contributed by atoms with Gasteiger partial charge >= 0.3 is 0 Å². The molecule has 108 valence electrons. The molecule has 0 heterocycles. The number of phenols is 1. The molecule has 0 spiro atoms. The highest BCUT2D eigenvalue weighted by Gasteiger charge is 2.09. The molecular weight excluding hydrogens is 242 g/mol. The molecule has 2 atom stereocenters. The molecule has 4 nitrogen and oxygen atoms in total. The summed E-state index contributed by atoms with van der Waals surface area (Å²) >= 11 is 0. The van der Waals surface area contributed by atoms with E-state index in [1.807, 2.05) is 19.1 Å². The highest BCUT2D eigenvalue weighted by molar-refractivity contribution is 5.45. The molecule has 0 aromatic heterocycles. The fraction of sp³-hybridized carbons (Fsp3) is 0.600. The number of benzene rings is 1. The Morgan fingerprint density at radius 1 is 1.32 bits per heavy atom. The summed E-state index contributed by atoms with van der Waals surface area (Å²) in [4.78, 5) is 0.